The van der Waals surface area contributed by atoms with Gasteiger partial charge in [-0.3, -0.25) is 9.88 Å². The summed E-state index contributed by atoms with van der Waals surface area (Å²) in [5, 5.41) is 0. The molecule has 0 saturated carbocycles. The Kier molecular flexibility index (Phi) is 5.25. The highest BCUT2D eigenvalue weighted by Crippen LogP contribution is 2.07. The second-order valence-electron chi connectivity index (χ2n) is 3.54. The fraction of sp³-hybridized carbons (Fsp3) is 0.545. The molecule has 0 aromatic carbocycles. The van der Waals surface area contributed by atoms with Crippen molar-refractivity contribution in [3.8, 4) is 0 Å². The minimum Gasteiger partial charge on any atom is -0.383 e. The minimum absolute atomic E-state index is 0.494. The molecule has 1 rings (SSSR count). The molecule has 0 fully saturated rings. The molecule has 84 valence electrons. The highest BCUT2D eigenvalue weighted by molar-refractivity contribution is 5.19. The van der Waals surface area contributed by atoms with E-state index in [9.17, 15) is 0 Å². The van der Waals surface area contributed by atoms with Gasteiger partial charge >= 0.3 is 0 Å². The first-order chi connectivity index (χ1) is 7.27. The molecular formula is C11H19N3O. The molecule has 0 bridgehead atoms. The second kappa shape index (κ2) is 6.50. The topological polar surface area (TPSA) is 51.4 Å². The maximum absolute atomic E-state index is 5.62. The van der Waals surface area contributed by atoms with Crippen molar-refractivity contribution in [1.82, 2.24) is 9.88 Å². The van der Waals surface area contributed by atoms with E-state index in [1.54, 1.807) is 13.3 Å². The van der Waals surface area contributed by atoms with Crippen LogP contribution in [0.2, 0.25) is 0 Å². The van der Waals surface area contributed by atoms with Gasteiger partial charge < -0.3 is 10.5 Å². The number of aromatic nitrogens is 1. The highest BCUT2D eigenvalue weighted by Gasteiger charge is 2.04. The molecule has 0 saturated heterocycles. The molecule has 1 aromatic heterocycles. The maximum atomic E-state index is 5.62. The Bertz CT molecular complexity index is 291. The zero-order valence-corrected chi connectivity index (χ0v) is 9.44. The average Bonchev–Trinajstić information content (AvgIpc) is 2.27. The molecule has 0 unspecified atom stereocenters. The van der Waals surface area contributed by atoms with Crippen LogP contribution in [0, 0.1) is 0 Å². The number of rotatable bonds is 6. The van der Waals surface area contributed by atoms with Crippen LogP contribution in [-0.2, 0) is 17.8 Å². The summed E-state index contributed by atoms with van der Waals surface area (Å²) in [6.45, 7) is 3.02. The standard InChI is InChI=1S/C11H19N3O/c1-14(6-7-15-2)9-10-4-3-5-13-11(10)8-12/h3-5H,6-9,12H2,1-2H3. The Balaban J connectivity index is 2.55. The summed E-state index contributed by atoms with van der Waals surface area (Å²) in [5.74, 6) is 0. The van der Waals surface area contributed by atoms with Gasteiger partial charge in [-0.2, -0.15) is 0 Å². The quantitative estimate of drug-likeness (QED) is 0.746. The lowest BCUT2D eigenvalue weighted by Gasteiger charge is -2.17. The summed E-state index contributed by atoms with van der Waals surface area (Å²) >= 11 is 0. The van der Waals surface area contributed by atoms with Gasteiger partial charge in [0.25, 0.3) is 0 Å². The monoisotopic (exact) mass is 209 g/mol. The van der Waals surface area contributed by atoms with Crippen LogP contribution in [0.5, 0.6) is 0 Å². The van der Waals surface area contributed by atoms with Gasteiger partial charge in [-0.25, -0.2) is 0 Å². The first-order valence-electron chi connectivity index (χ1n) is 5.08. The molecule has 2 N–H and O–H groups in total. The molecule has 0 aliphatic heterocycles. The molecule has 0 radical (unpaired) electrons. The van der Waals surface area contributed by atoms with Crippen molar-refractivity contribution in [2.24, 2.45) is 5.73 Å². The smallest absolute Gasteiger partial charge is 0.0589 e. The zero-order chi connectivity index (χ0) is 11.1. The molecule has 0 atom stereocenters. The van der Waals surface area contributed by atoms with Gasteiger partial charge in [-0.15, -0.1) is 0 Å². The molecule has 0 aliphatic rings. The van der Waals surface area contributed by atoms with Crippen LogP contribution in [0.25, 0.3) is 0 Å². The number of methoxy groups -OCH3 is 1. The van der Waals surface area contributed by atoms with Crippen molar-refractivity contribution >= 4 is 0 Å². The Morgan fingerprint density at radius 3 is 3.00 bits per heavy atom. The maximum Gasteiger partial charge on any atom is 0.0589 e. The molecule has 4 nitrogen and oxygen atoms in total. The summed E-state index contributed by atoms with van der Waals surface area (Å²) in [5.41, 5.74) is 7.79. The summed E-state index contributed by atoms with van der Waals surface area (Å²) in [7, 11) is 3.77. The number of hydrogen-bond donors (Lipinski definition) is 1. The van der Waals surface area contributed by atoms with Crippen LogP contribution < -0.4 is 5.73 Å². The number of likely N-dealkylation sites (N-methyl/N-ethyl adjacent to an activating group) is 1. The summed E-state index contributed by atoms with van der Waals surface area (Å²) < 4.78 is 5.02. The van der Waals surface area contributed by atoms with Gasteiger partial charge in [0.1, 0.15) is 0 Å². The average molecular weight is 209 g/mol. The second-order valence-corrected chi connectivity index (χ2v) is 3.54. The van der Waals surface area contributed by atoms with Crippen LogP contribution in [0.15, 0.2) is 18.3 Å². The van der Waals surface area contributed by atoms with Crippen molar-refractivity contribution in [2.45, 2.75) is 13.1 Å². The van der Waals surface area contributed by atoms with Crippen LogP contribution >= 0.6 is 0 Å². The minimum atomic E-state index is 0.494. The van der Waals surface area contributed by atoms with Gasteiger partial charge in [-0.1, -0.05) is 6.07 Å². The zero-order valence-electron chi connectivity index (χ0n) is 9.44. The molecular weight excluding hydrogens is 190 g/mol. The predicted molar refractivity (Wildman–Crippen MR) is 60.3 cm³/mol. The third kappa shape index (κ3) is 3.95. The van der Waals surface area contributed by atoms with E-state index in [4.69, 9.17) is 10.5 Å². The van der Waals surface area contributed by atoms with Crippen molar-refractivity contribution in [2.75, 3.05) is 27.3 Å². The van der Waals surface area contributed by atoms with E-state index >= 15 is 0 Å². The van der Waals surface area contributed by atoms with Gasteiger partial charge in [0.05, 0.1) is 12.3 Å². The van der Waals surface area contributed by atoms with E-state index in [0.29, 0.717) is 6.54 Å². The third-order valence-corrected chi connectivity index (χ3v) is 2.30. The Hall–Kier alpha value is -0.970. The Labute approximate surface area is 91.1 Å². The van der Waals surface area contributed by atoms with Gasteiger partial charge in [0, 0.05) is 32.9 Å². The molecule has 0 spiro atoms. The highest BCUT2D eigenvalue weighted by atomic mass is 16.5. The van der Waals surface area contributed by atoms with Gasteiger partial charge in [-0.05, 0) is 18.7 Å². The summed E-state index contributed by atoms with van der Waals surface area (Å²) in [6, 6.07) is 4.01. The number of nitrogens with two attached hydrogens (primary N) is 1. The van der Waals surface area contributed by atoms with Crippen molar-refractivity contribution in [1.29, 1.82) is 0 Å². The number of nitrogens with zero attached hydrogens (tertiary/aromatic N) is 2. The SMILES string of the molecule is COCCN(C)Cc1cccnc1CN. The lowest BCUT2D eigenvalue weighted by atomic mass is 10.2. The molecule has 1 aromatic rings. The number of pyridine rings is 1. The molecule has 15 heavy (non-hydrogen) atoms. The van der Waals surface area contributed by atoms with E-state index in [2.05, 4.69) is 23.0 Å². The lowest BCUT2D eigenvalue weighted by Crippen LogP contribution is -2.23. The molecule has 0 aliphatic carbocycles. The van der Waals surface area contributed by atoms with E-state index in [1.165, 1.54) is 5.56 Å². The van der Waals surface area contributed by atoms with Crippen molar-refractivity contribution < 1.29 is 4.74 Å². The van der Waals surface area contributed by atoms with Gasteiger partial charge in [0.2, 0.25) is 0 Å². The summed E-state index contributed by atoms with van der Waals surface area (Å²) in [4.78, 5) is 6.44. The van der Waals surface area contributed by atoms with Crippen LogP contribution in [0.1, 0.15) is 11.3 Å². The number of hydrogen-bond acceptors (Lipinski definition) is 4. The Morgan fingerprint density at radius 1 is 1.53 bits per heavy atom. The fourth-order valence-electron chi connectivity index (χ4n) is 1.42. The van der Waals surface area contributed by atoms with Crippen LogP contribution in [-0.4, -0.2) is 37.2 Å². The summed E-state index contributed by atoms with van der Waals surface area (Å²) in [6.07, 6.45) is 1.78. The third-order valence-electron chi connectivity index (χ3n) is 2.30. The van der Waals surface area contributed by atoms with Crippen molar-refractivity contribution in [3.63, 3.8) is 0 Å². The van der Waals surface area contributed by atoms with Crippen LogP contribution in [0.4, 0.5) is 0 Å². The largest absolute Gasteiger partial charge is 0.383 e. The molecule has 1 heterocycles. The Morgan fingerprint density at radius 2 is 2.33 bits per heavy atom. The van der Waals surface area contributed by atoms with Gasteiger partial charge in [0.15, 0.2) is 0 Å². The van der Waals surface area contributed by atoms with Crippen LogP contribution in [0.3, 0.4) is 0 Å². The normalized spacial score (nSPS) is 10.9. The van der Waals surface area contributed by atoms with E-state index in [0.717, 1.165) is 25.4 Å². The first kappa shape index (κ1) is 12.1. The predicted octanol–water partition coefficient (Wildman–Crippen LogP) is 0.619. The molecule has 0 amide bonds. The van der Waals surface area contributed by atoms with E-state index < -0.39 is 0 Å². The lowest BCUT2D eigenvalue weighted by molar-refractivity contribution is 0.158. The molecule has 4 heteroatoms. The first-order valence-corrected chi connectivity index (χ1v) is 5.08. The fourth-order valence-corrected chi connectivity index (χ4v) is 1.42. The number of ether oxygens (including phenoxy) is 1. The van der Waals surface area contributed by atoms with E-state index in [-0.39, 0.29) is 0 Å². The van der Waals surface area contributed by atoms with E-state index in [1.807, 2.05) is 6.07 Å². The van der Waals surface area contributed by atoms with Crippen molar-refractivity contribution in [3.05, 3.63) is 29.6 Å².